The summed E-state index contributed by atoms with van der Waals surface area (Å²) in [5, 5.41) is 7.08. The molecule has 0 bridgehead atoms. The highest BCUT2D eigenvalue weighted by Crippen LogP contribution is 2.33. The van der Waals surface area contributed by atoms with Crippen LogP contribution in [0.3, 0.4) is 0 Å². The van der Waals surface area contributed by atoms with Crippen LogP contribution in [0.5, 0.6) is 5.88 Å². The van der Waals surface area contributed by atoms with Crippen LogP contribution in [0, 0.1) is 0 Å². The average molecular weight is 482 g/mol. The Kier molecular flexibility index (Phi) is 6.94. The minimum Gasteiger partial charge on any atom is -0.467 e. The van der Waals surface area contributed by atoms with Gasteiger partial charge in [0.2, 0.25) is 5.88 Å². The number of carbonyl (C=O) groups is 1. The lowest BCUT2D eigenvalue weighted by atomic mass is 10.2. The molecule has 1 amide bonds. The Morgan fingerprint density at radius 2 is 1.94 bits per heavy atom. The first-order valence-electron chi connectivity index (χ1n) is 10.5. The number of dihydropyridines is 1. The van der Waals surface area contributed by atoms with Crippen LogP contribution in [0.25, 0.3) is 5.69 Å². The van der Waals surface area contributed by atoms with Crippen LogP contribution in [-0.2, 0) is 11.0 Å². The molecule has 1 aromatic carbocycles. The zero-order chi connectivity index (χ0) is 23.4. The maximum Gasteiger partial charge on any atom is 0.435 e. The lowest BCUT2D eigenvalue weighted by Gasteiger charge is -2.36. The van der Waals surface area contributed by atoms with Gasteiger partial charge in [0.1, 0.15) is 0 Å². The Labute approximate surface area is 194 Å². The normalized spacial score (nSPS) is 18.9. The molecule has 7 nitrogen and oxygen atoms in total. The first-order valence-corrected chi connectivity index (χ1v) is 10.8. The summed E-state index contributed by atoms with van der Waals surface area (Å²) in [6.45, 7) is 2.88. The smallest absolute Gasteiger partial charge is 0.435 e. The second-order valence-corrected chi connectivity index (χ2v) is 8.12. The number of hydrogen-bond acceptors (Lipinski definition) is 5. The number of alkyl halides is 3. The van der Waals surface area contributed by atoms with Gasteiger partial charge in [0.05, 0.1) is 16.8 Å². The summed E-state index contributed by atoms with van der Waals surface area (Å²) in [5.41, 5.74) is -0.898. The third-order valence-electron chi connectivity index (χ3n) is 5.43. The first kappa shape index (κ1) is 23.2. The van der Waals surface area contributed by atoms with E-state index in [1.807, 2.05) is 18.4 Å². The number of para-hydroxylation sites is 1. The number of carbonyl (C=O) groups excluding carboxylic acids is 1. The van der Waals surface area contributed by atoms with Crippen LogP contribution in [0.15, 0.2) is 54.8 Å². The van der Waals surface area contributed by atoms with Crippen LogP contribution in [0.1, 0.15) is 5.69 Å². The molecule has 1 unspecified atom stereocenters. The summed E-state index contributed by atoms with van der Waals surface area (Å²) in [4.78, 5) is 16.6. The maximum atomic E-state index is 13.2. The molecule has 33 heavy (non-hydrogen) atoms. The van der Waals surface area contributed by atoms with E-state index < -0.39 is 18.5 Å². The van der Waals surface area contributed by atoms with E-state index in [0.717, 1.165) is 17.3 Å². The van der Waals surface area contributed by atoms with E-state index >= 15 is 0 Å². The third kappa shape index (κ3) is 5.69. The zero-order valence-electron chi connectivity index (χ0n) is 17.6. The fraction of sp³-hybridized carbons (Fsp3) is 0.364. The molecule has 4 rings (SSSR count). The predicted octanol–water partition coefficient (Wildman–Crippen LogP) is 3.11. The van der Waals surface area contributed by atoms with E-state index in [1.54, 1.807) is 17.0 Å². The van der Waals surface area contributed by atoms with Gasteiger partial charge in [0.25, 0.3) is 5.91 Å². The molecule has 0 spiro atoms. The molecular formula is C22H23ClF3N5O2. The second-order valence-electron chi connectivity index (χ2n) is 7.72. The van der Waals surface area contributed by atoms with Gasteiger partial charge >= 0.3 is 6.18 Å². The Bertz CT molecular complexity index is 1040. The molecule has 1 fully saturated rings. The largest absolute Gasteiger partial charge is 0.467 e. The molecule has 0 radical (unpaired) electrons. The number of ether oxygens (including phenoxy) is 1. The molecule has 1 N–H and O–H groups in total. The summed E-state index contributed by atoms with van der Waals surface area (Å²) < 4.78 is 46.2. The molecule has 2 aliphatic heterocycles. The number of aromatic nitrogens is 2. The molecule has 1 atom stereocenters. The summed E-state index contributed by atoms with van der Waals surface area (Å²) in [6, 6.07) is 7.34. The van der Waals surface area contributed by atoms with Crippen molar-refractivity contribution in [1.29, 1.82) is 0 Å². The molecule has 1 saturated heterocycles. The Hall–Kier alpha value is -2.98. The van der Waals surface area contributed by atoms with Crippen LogP contribution >= 0.6 is 11.6 Å². The van der Waals surface area contributed by atoms with Gasteiger partial charge in [-0.25, -0.2) is 0 Å². The van der Waals surface area contributed by atoms with Gasteiger partial charge in [0, 0.05) is 38.8 Å². The molecule has 2 aliphatic rings. The zero-order valence-corrected chi connectivity index (χ0v) is 18.4. The minimum atomic E-state index is -4.66. The number of nitrogens with one attached hydrogen (secondary N) is 1. The summed E-state index contributed by atoms with van der Waals surface area (Å²) >= 11 is 6.13. The van der Waals surface area contributed by atoms with E-state index in [9.17, 15) is 18.0 Å². The van der Waals surface area contributed by atoms with Crippen LogP contribution in [-0.4, -0.2) is 70.9 Å². The fourth-order valence-corrected chi connectivity index (χ4v) is 3.90. The molecular weight excluding hydrogens is 459 g/mol. The van der Waals surface area contributed by atoms with Crippen molar-refractivity contribution >= 4 is 17.5 Å². The van der Waals surface area contributed by atoms with Gasteiger partial charge in [-0.1, -0.05) is 35.9 Å². The van der Waals surface area contributed by atoms with Crippen molar-refractivity contribution in [2.45, 2.75) is 12.2 Å². The molecule has 176 valence electrons. The highest BCUT2D eigenvalue weighted by Gasteiger charge is 2.36. The quantitative estimate of drug-likeness (QED) is 0.687. The molecule has 3 heterocycles. The van der Waals surface area contributed by atoms with Crippen LogP contribution < -0.4 is 10.1 Å². The summed E-state index contributed by atoms with van der Waals surface area (Å²) in [7, 11) is 0. The number of amides is 1. The Morgan fingerprint density at radius 1 is 1.18 bits per heavy atom. The van der Waals surface area contributed by atoms with Crippen molar-refractivity contribution in [2.24, 2.45) is 0 Å². The van der Waals surface area contributed by atoms with Crippen LogP contribution in [0.4, 0.5) is 13.2 Å². The highest BCUT2D eigenvalue weighted by atomic mass is 35.5. The van der Waals surface area contributed by atoms with E-state index in [0.29, 0.717) is 26.2 Å². The predicted molar refractivity (Wildman–Crippen MR) is 117 cm³/mol. The van der Waals surface area contributed by atoms with E-state index in [-0.39, 0.29) is 28.5 Å². The van der Waals surface area contributed by atoms with Gasteiger partial charge in [-0.05, 0) is 24.4 Å². The van der Waals surface area contributed by atoms with Gasteiger partial charge < -0.3 is 15.0 Å². The Morgan fingerprint density at radius 3 is 2.61 bits per heavy atom. The maximum absolute atomic E-state index is 13.2. The SMILES string of the molecule is O=C(COc1cc(C(F)(F)F)nn1-c1ccccc1Cl)N1CCN(CC2C=CC=CN2)CC1. The monoisotopic (exact) mass is 481 g/mol. The van der Waals surface area contributed by atoms with Crippen LogP contribution in [0.2, 0.25) is 5.02 Å². The van der Waals surface area contributed by atoms with Crippen molar-refractivity contribution in [3.63, 3.8) is 0 Å². The number of allylic oxidation sites excluding steroid dienone is 2. The molecule has 2 aromatic rings. The Balaban J connectivity index is 1.37. The van der Waals surface area contributed by atoms with Gasteiger partial charge in [-0.2, -0.15) is 23.0 Å². The van der Waals surface area contributed by atoms with Gasteiger partial charge in [-0.3, -0.25) is 9.69 Å². The van der Waals surface area contributed by atoms with E-state index in [1.165, 1.54) is 12.1 Å². The fourth-order valence-electron chi connectivity index (χ4n) is 3.69. The van der Waals surface area contributed by atoms with Gasteiger partial charge in [-0.15, -0.1) is 0 Å². The summed E-state index contributed by atoms with van der Waals surface area (Å²) in [5.74, 6) is -0.501. The van der Waals surface area contributed by atoms with E-state index in [2.05, 4.69) is 21.4 Å². The van der Waals surface area contributed by atoms with Crippen molar-refractivity contribution in [2.75, 3.05) is 39.3 Å². The molecule has 1 aromatic heterocycles. The van der Waals surface area contributed by atoms with E-state index in [4.69, 9.17) is 16.3 Å². The van der Waals surface area contributed by atoms with Crippen molar-refractivity contribution in [3.8, 4) is 11.6 Å². The number of nitrogens with zero attached hydrogens (tertiary/aromatic N) is 4. The van der Waals surface area contributed by atoms with Crippen molar-refractivity contribution in [1.82, 2.24) is 24.9 Å². The highest BCUT2D eigenvalue weighted by molar-refractivity contribution is 6.32. The topological polar surface area (TPSA) is 62.6 Å². The van der Waals surface area contributed by atoms with Crippen molar-refractivity contribution in [3.05, 3.63) is 65.5 Å². The molecule has 0 aliphatic carbocycles. The number of rotatable bonds is 6. The number of benzene rings is 1. The summed E-state index contributed by atoms with van der Waals surface area (Å²) in [6.07, 6.45) is 3.25. The lowest BCUT2D eigenvalue weighted by Crippen LogP contribution is -2.52. The third-order valence-corrected chi connectivity index (χ3v) is 5.75. The number of hydrogen-bond donors (Lipinski definition) is 1. The standard InChI is InChI=1S/C22H23ClF3N5O2/c23-17-6-1-2-7-18(17)31-21(13-19(28-31)22(24,25)26)33-15-20(32)30-11-9-29(10-12-30)14-16-5-3-4-8-27-16/h1-8,13,16,27H,9-12,14-15H2. The second kappa shape index (κ2) is 9.88. The number of halogens is 4. The van der Waals surface area contributed by atoms with Crippen molar-refractivity contribution < 1.29 is 22.7 Å². The lowest BCUT2D eigenvalue weighted by molar-refractivity contribution is -0.141. The first-order chi connectivity index (χ1) is 15.8. The molecule has 11 heteroatoms. The molecule has 0 saturated carbocycles. The minimum absolute atomic E-state index is 0.203. The van der Waals surface area contributed by atoms with Gasteiger partial charge in [0.15, 0.2) is 12.3 Å². The number of piperazine rings is 1. The average Bonchev–Trinajstić information content (AvgIpc) is 3.24.